The Morgan fingerprint density at radius 3 is 2.83 bits per heavy atom. The first-order valence-corrected chi connectivity index (χ1v) is 7.88. The van der Waals surface area contributed by atoms with Crippen molar-refractivity contribution >= 4 is 32.9 Å². The predicted molar refractivity (Wildman–Crippen MR) is 92.0 cm³/mol. The first-order chi connectivity index (χ1) is 11.1. The van der Waals surface area contributed by atoms with Gasteiger partial charge in [-0.25, -0.2) is 4.98 Å². The molecule has 0 spiro atoms. The summed E-state index contributed by atoms with van der Waals surface area (Å²) in [5.41, 5.74) is 2.03. The maximum atomic E-state index is 12.2. The van der Waals surface area contributed by atoms with Gasteiger partial charge in [-0.2, -0.15) is 0 Å². The van der Waals surface area contributed by atoms with Gasteiger partial charge in [0.15, 0.2) is 0 Å². The number of carbonyl (C=O) groups excluding carboxylic acids is 1. The van der Waals surface area contributed by atoms with Crippen molar-refractivity contribution in [2.75, 3.05) is 0 Å². The molecule has 3 rings (SSSR count). The fourth-order valence-electron chi connectivity index (χ4n) is 2.32. The van der Waals surface area contributed by atoms with E-state index in [4.69, 9.17) is 0 Å². The van der Waals surface area contributed by atoms with E-state index in [2.05, 4.69) is 26.2 Å². The number of nitrogens with zero attached hydrogens (tertiary/aromatic N) is 2. The highest BCUT2D eigenvalue weighted by Gasteiger charge is 2.08. The number of hydrogen-bond donors (Lipinski definition) is 1. The lowest BCUT2D eigenvalue weighted by Gasteiger charge is -2.10. The Hall–Kier alpha value is -2.47. The molecule has 0 aliphatic carbocycles. The highest BCUT2D eigenvalue weighted by Crippen LogP contribution is 2.11. The number of carbonyl (C=O) groups is 1. The number of fused-ring (bicyclic) bond motifs is 1. The van der Waals surface area contributed by atoms with Crippen molar-refractivity contribution < 1.29 is 4.79 Å². The first kappa shape index (κ1) is 15.4. The van der Waals surface area contributed by atoms with E-state index in [1.54, 1.807) is 6.07 Å². The molecule has 5 nitrogen and oxygen atoms in total. The molecule has 0 fully saturated rings. The molecule has 0 aliphatic heterocycles. The zero-order valence-corrected chi connectivity index (χ0v) is 13.8. The molecule has 0 radical (unpaired) electrons. The van der Waals surface area contributed by atoms with Gasteiger partial charge >= 0.3 is 0 Å². The van der Waals surface area contributed by atoms with E-state index in [1.165, 1.54) is 10.8 Å². The Morgan fingerprint density at radius 1 is 1.17 bits per heavy atom. The van der Waals surface area contributed by atoms with Gasteiger partial charge < -0.3 is 5.32 Å². The Bertz CT molecular complexity index is 921. The standard InChI is InChI=1S/C17H14BrN3O2/c18-13-5-3-4-12(8-13)9-20-16(22)11-21-15-7-2-1-6-14(15)19-10-17(21)23/h1-8,10H,9,11H2,(H,20,22). The lowest BCUT2D eigenvalue weighted by Crippen LogP contribution is -2.32. The maximum absolute atomic E-state index is 12.2. The van der Waals surface area contributed by atoms with Gasteiger partial charge in [-0.3, -0.25) is 14.2 Å². The van der Waals surface area contributed by atoms with Gasteiger partial charge in [-0.1, -0.05) is 40.2 Å². The van der Waals surface area contributed by atoms with Crippen molar-refractivity contribution in [3.63, 3.8) is 0 Å². The third kappa shape index (κ3) is 3.65. The van der Waals surface area contributed by atoms with Crippen LogP contribution in [0.5, 0.6) is 0 Å². The summed E-state index contributed by atoms with van der Waals surface area (Å²) in [6, 6.07) is 15.0. The number of halogens is 1. The van der Waals surface area contributed by atoms with Crippen LogP contribution in [0.3, 0.4) is 0 Å². The molecule has 0 bridgehead atoms. The molecular formula is C17H14BrN3O2. The van der Waals surface area contributed by atoms with Crippen molar-refractivity contribution in [3.05, 3.63) is 75.1 Å². The van der Waals surface area contributed by atoms with E-state index >= 15 is 0 Å². The summed E-state index contributed by atoms with van der Waals surface area (Å²) in [5, 5.41) is 2.83. The van der Waals surface area contributed by atoms with Crippen LogP contribution in [0.15, 0.2) is 64.0 Å². The summed E-state index contributed by atoms with van der Waals surface area (Å²) in [5.74, 6) is -0.219. The number of aromatic nitrogens is 2. The van der Waals surface area contributed by atoms with Crippen LogP contribution in [0.2, 0.25) is 0 Å². The van der Waals surface area contributed by atoms with Crippen LogP contribution in [0.4, 0.5) is 0 Å². The molecule has 1 amide bonds. The molecule has 0 saturated heterocycles. The second-order valence-electron chi connectivity index (χ2n) is 5.08. The predicted octanol–water partition coefficient (Wildman–Crippen LogP) is 2.48. The summed E-state index contributed by atoms with van der Waals surface area (Å²) in [6.45, 7) is 0.381. The minimum atomic E-state index is -0.290. The summed E-state index contributed by atoms with van der Waals surface area (Å²) in [6.07, 6.45) is 1.24. The van der Waals surface area contributed by atoms with Crippen LogP contribution in [-0.2, 0) is 17.9 Å². The smallest absolute Gasteiger partial charge is 0.269 e. The van der Waals surface area contributed by atoms with Gasteiger partial charge in [0, 0.05) is 11.0 Å². The average Bonchev–Trinajstić information content (AvgIpc) is 2.56. The van der Waals surface area contributed by atoms with Gasteiger partial charge in [0.2, 0.25) is 5.91 Å². The van der Waals surface area contributed by atoms with Gasteiger partial charge in [0.25, 0.3) is 5.56 Å². The number of nitrogens with one attached hydrogen (secondary N) is 1. The van der Waals surface area contributed by atoms with Crippen molar-refractivity contribution in [1.82, 2.24) is 14.9 Å². The van der Waals surface area contributed by atoms with Gasteiger partial charge in [-0.15, -0.1) is 0 Å². The molecule has 116 valence electrons. The molecule has 3 aromatic rings. The molecular weight excluding hydrogens is 358 g/mol. The van der Waals surface area contributed by atoms with Gasteiger partial charge in [-0.05, 0) is 29.8 Å². The average molecular weight is 372 g/mol. The number of rotatable bonds is 4. The second kappa shape index (κ2) is 6.75. The zero-order valence-electron chi connectivity index (χ0n) is 12.2. The second-order valence-corrected chi connectivity index (χ2v) is 5.99. The van der Waals surface area contributed by atoms with Crippen LogP contribution < -0.4 is 10.9 Å². The van der Waals surface area contributed by atoms with E-state index < -0.39 is 0 Å². The molecule has 0 unspecified atom stereocenters. The van der Waals surface area contributed by atoms with Crippen LogP contribution in [0, 0.1) is 0 Å². The van der Waals surface area contributed by atoms with Crippen LogP contribution in [0.25, 0.3) is 11.0 Å². The maximum Gasteiger partial charge on any atom is 0.269 e. The van der Waals surface area contributed by atoms with E-state index in [-0.39, 0.29) is 18.0 Å². The molecule has 6 heteroatoms. The quantitative estimate of drug-likeness (QED) is 0.765. The molecule has 1 N–H and O–H groups in total. The molecule has 0 atom stereocenters. The number of amides is 1. The van der Waals surface area contributed by atoms with Crippen molar-refractivity contribution in [2.45, 2.75) is 13.1 Å². The minimum absolute atomic E-state index is 0.0319. The largest absolute Gasteiger partial charge is 0.350 e. The summed E-state index contributed by atoms with van der Waals surface area (Å²) in [7, 11) is 0. The van der Waals surface area contributed by atoms with Gasteiger partial charge in [0.1, 0.15) is 6.54 Å². The summed E-state index contributed by atoms with van der Waals surface area (Å²) in [4.78, 5) is 28.2. The van der Waals surface area contributed by atoms with E-state index in [0.29, 0.717) is 17.6 Å². The van der Waals surface area contributed by atoms with Crippen LogP contribution >= 0.6 is 15.9 Å². The van der Waals surface area contributed by atoms with Crippen molar-refractivity contribution in [3.8, 4) is 0 Å². The lowest BCUT2D eigenvalue weighted by atomic mass is 10.2. The molecule has 2 aromatic carbocycles. The van der Waals surface area contributed by atoms with Gasteiger partial charge in [0.05, 0.1) is 17.2 Å². The molecule has 0 aliphatic rings. The Labute approximate surface area is 141 Å². The zero-order chi connectivity index (χ0) is 16.2. The molecule has 1 heterocycles. The Morgan fingerprint density at radius 2 is 2.00 bits per heavy atom. The summed E-state index contributed by atoms with van der Waals surface area (Å²) < 4.78 is 2.39. The van der Waals surface area contributed by atoms with E-state index in [1.807, 2.05) is 42.5 Å². The topological polar surface area (TPSA) is 64.0 Å². The number of para-hydroxylation sites is 2. The number of benzene rings is 2. The molecule has 1 aromatic heterocycles. The molecule has 0 saturated carbocycles. The fourth-order valence-corrected chi connectivity index (χ4v) is 2.77. The van der Waals surface area contributed by atoms with E-state index in [0.717, 1.165) is 10.0 Å². The minimum Gasteiger partial charge on any atom is -0.350 e. The van der Waals surface area contributed by atoms with Crippen molar-refractivity contribution in [2.24, 2.45) is 0 Å². The first-order valence-electron chi connectivity index (χ1n) is 7.09. The van der Waals surface area contributed by atoms with Crippen LogP contribution in [-0.4, -0.2) is 15.5 Å². The Kier molecular flexibility index (Phi) is 4.52. The monoisotopic (exact) mass is 371 g/mol. The third-order valence-electron chi connectivity index (χ3n) is 3.43. The third-order valence-corrected chi connectivity index (χ3v) is 3.93. The fraction of sp³-hybridized carbons (Fsp3) is 0.118. The lowest BCUT2D eigenvalue weighted by molar-refractivity contribution is -0.121. The van der Waals surface area contributed by atoms with E-state index in [9.17, 15) is 9.59 Å². The highest BCUT2D eigenvalue weighted by molar-refractivity contribution is 9.10. The SMILES string of the molecule is O=C(Cn1c(=O)cnc2ccccc21)NCc1cccc(Br)c1. The normalized spacial score (nSPS) is 10.7. The molecule has 23 heavy (non-hydrogen) atoms. The van der Waals surface area contributed by atoms with Crippen molar-refractivity contribution in [1.29, 1.82) is 0 Å². The summed E-state index contributed by atoms with van der Waals surface area (Å²) >= 11 is 3.39. The number of hydrogen-bond acceptors (Lipinski definition) is 3. The van der Waals surface area contributed by atoms with Crippen LogP contribution in [0.1, 0.15) is 5.56 Å². The highest BCUT2D eigenvalue weighted by atomic mass is 79.9. The Balaban J connectivity index is 1.76.